The molecule has 0 heterocycles. The Morgan fingerprint density at radius 3 is 2.25 bits per heavy atom. The van der Waals surface area contributed by atoms with Crippen molar-refractivity contribution in [1.29, 1.82) is 0 Å². The van der Waals surface area contributed by atoms with E-state index >= 15 is 0 Å². The fourth-order valence-electron chi connectivity index (χ4n) is 1.78. The van der Waals surface area contributed by atoms with Crippen molar-refractivity contribution < 1.29 is 5.11 Å². The molecule has 2 aromatic carbocycles. The third-order valence-electron chi connectivity index (χ3n) is 2.58. The molecule has 0 saturated heterocycles. The number of benzene rings is 2. The number of phenols is 1. The van der Waals surface area contributed by atoms with Gasteiger partial charge in [-0.3, -0.25) is 0 Å². The van der Waals surface area contributed by atoms with Gasteiger partial charge in [-0.2, -0.15) is 0 Å². The number of aryl methyl sites for hydroxylation is 1. The molecular weight excluding hydrogens is 200 g/mol. The molecule has 0 radical (unpaired) electrons. The van der Waals surface area contributed by atoms with Crippen LogP contribution in [0.1, 0.15) is 5.56 Å². The molecule has 82 valence electrons. The van der Waals surface area contributed by atoms with Gasteiger partial charge >= 0.3 is 0 Å². The first-order valence-corrected chi connectivity index (χ1v) is 5.03. The fourth-order valence-corrected chi connectivity index (χ4v) is 1.78. The lowest BCUT2D eigenvalue weighted by atomic mass is 9.98. The molecule has 0 spiro atoms. The number of nitrogen functional groups attached to an aromatic ring is 2. The molecular formula is C13H14N2O. The normalized spacial score (nSPS) is 10.3. The molecule has 0 saturated carbocycles. The molecule has 5 N–H and O–H groups in total. The van der Waals surface area contributed by atoms with Crippen molar-refractivity contribution in [3.8, 4) is 16.9 Å². The molecule has 0 bridgehead atoms. The number of hydrogen-bond acceptors (Lipinski definition) is 3. The summed E-state index contributed by atoms with van der Waals surface area (Å²) in [6, 6.07) is 10.7. The minimum atomic E-state index is 0.260. The van der Waals surface area contributed by atoms with E-state index in [9.17, 15) is 5.11 Å². The molecule has 2 aromatic rings. The van der Waals surface area contributed by atoms with Gasteiger partial charge in [0.15, 0.2) is 0 Å². The van der Waals surface area contributed by atoms with E-state index in [1.54, 1.807) is 18.2 Å². The summed E-state index contributed by atoms with van der Waals surface area (Å²) in [7, 11) is 0. The fraction of sp³-hybridized carbons (Fsp3) is 0.0769. The van der Waals surface area contributed by atoms with Crippen LogP contribution in [-0.2, 0) is 0 Å². The average molecular weight is 214 g/mol. The van der Waals surface area contributed by atoms with Crippen LogP contribution in [0.4, 0.5) is 11.4 Å². The van der Waals surface area contributed by atoms with E-state index in [1.807, 2.05) is 25.1 Å². The monoisotopic (exact) mass is 214 g/mol. The van der Waals surface area contributed by atoms with E-state index in [0.717, 1.165) is 16.7 Å². The van der Waals surface area contributed by atoms with Crippen molar-refractivity contribution in [3.63, 3.8) is 0 Å². The van der Waals surface area contributed by atoms with E-state index in [2.05, 4.69) is 0 Å². The van der Waals surface area contributed by atoms with Gasteiger partial charge in [-0.15, -0.1) is 0 Å². The van der Waals surface area contributed by atoms with Gasteiger partial charge in [-0.1, -0.05) is 12.1 Å². The number of aromatic hydroxyl groups is 1. The van der Waals surface area contributed by atoms with Gasteiger partial charge in [0.05, 0.1) is 0 Å². The van der Waals surface area contributed by atoms with Crippen molar-refractivity contribution in [3.05, 3.63) is 42.0 Å². The molecule has 0 unspecified atom stereocenters. The summed E-state index contributed by atoms with van der Waals surface area (Å²) in [5.74, 6) is 0.260. The van der Waals surface area contributed by atoms with Gasteiger partial charge in [-0.25, -0.2) is 0 Å². The molecule has 0 aliphatic carbocycles. The molecule has 0 fully saturated rings. The highest BCUT2D eigenvalue weighted by Gasteiger charge is 2.06. The topological polar surface area (TPSA) is 72.3 Å². The van der Waals surface area contributed by atoms with Crippen molar-refractivity contribution in [2.75, 3.05) is 11.5 Å². The standard InChI is InChI=1S/C13H14N2O/c1-8-6-10(16)3-5-11(8)12-4-2-9(14)7-13(12)15/h2-7,16H,14-15H2,1H3. The van der Waals surface area contributed by atoms with Gasteiger partial charge in [-0.05, 0) is 42.3 Å². The Labute approximate surface area is 94.3 Å². The Balaban J connectivity index is 2.59. The van der Waals surface area contributed by atoms with Gasteiger partial charge in [0.2, 0.25) is 0 Å². The summed E-state index contributed by atoms with van der Waals surface area (Å²) in [6.45, 7) is 1.94. The zero-order valence-corrected chi connectivity index (χ0v) is 9.07. The molecule has 0 aromatic heterocycles. The van der Waals surface area contributed by atoms with Gasteiger partial charge in [0.25, 0.3) is 0 Å². The Morgan fingerprint density at radius 2 is 1.62 bits per heavy atom. The number of hydrogen-bond donors (Lipinski definition) is 3. The largest absolute Gasteiger partial charge is 0.508 e. The van der Waals surface area contributed by atoms with Crippen LogP contribution in [0.2, 0.25) is 0 Å². The molecule has 2 rings (SSSR count). The van der Waals surface area contributed by atoms with Crippen LogP contribution >= 0.6 is 0 Å². The highest BCUT2D eigenvalue weighted by Crippen LogP contribution is 2.31. The third-order valence-corrected chi connectivity index (χ3v) is 2.58. The van der Waals surface area contributed by atoms with Gasteiger partial charge < -0.3 is 16.6 Å². The maximum Gasteiger partial charge on any atom is 0.115 e. The second-order valence-corrected chi connectivity index (χ2v) is 3.85. The van der Waals surface area contributed by atoms with Crippen molar-refractivity contribution in [2.24, 2.45) is 0 Å². The molecule has 0 aliphatic heterocycles. The quantitative estimate of drug-likeness (QED) is 0.639. The van der Waals surface area contributed by atoms with Crippen molar-refractivity contribution in [2.45, 2.75) is 6.92 Å². The summed E-state index contributed by atoms with van der Waals surface area (Å²) in [6.07, 6.45) is 0. The van der Waals surface area contributed by atoms with Crippen LogP contribution in [-0.4, -0.2) is 5.11 Å². The van der Waals surface area contributed by atoms with Gasteiger partial charge in [0, 0.05) is 16.9 Å². The lowest BCUT2D eigenvalue weighted by molar-refractivity contribution is 0.475. The molecule has 0 aliphatic rings. The zero-order chi connectivity index (χ0) is 11.7. The lowest BCUT2D eigenvalue weighted by Gasteiger charge is -2.10. The highest BCUT2D eigenvalue weighted by molar-refractivity contribution is 5.80. The Morgan fingerprint density at radius 1 is 0.938 bits per heavy atom. The van der Waals surface area contributed by atoms with Crippen LogP contribution in [0.5, 0.6) is 5.75 Å². The smallest absolute Gasteiger partial charge is 0.115 e. The summed E-state index contributed by atoms with van der Waals surface area (Å²) in [5, 5.41) is 9.35. The predicted octanol–water partition coefficient (Wildman–Crippen LogP) is 2.53. The first kappa shape index (κ1) is 10.4. The van der Waals surface area contributed by atoms with E-state index in [4.69, 9.17) is 11.5 Å². The molecule has 3 nitrogen and oxygen atoms in total. The number of phenolic OH excluding ortho intramolecular Hbond substituents is 1. The Hall–Kier alpha value is -2.16. The van der Waals surface area contributed by atoms with Crippen LogP contribution in [0, 0.1) is 6.92 Å². The summed E-state index contributed by atoms with van der Waals surface area (Å²) < 4.78 is 0. The highest BCUT2D eigenvalue weighted by atomic mass is 16.3. The Bertz CT molecular complexity index is 486. The summed E-state index contributed by atoms with van der Waals surface area (Å²) in [5.41, 5.74) is 15.8. The number of rotatable bonds is 1. The average Bonchev–Trinajstić information content (AvgIpc) is 2.19. The number of nitrogens with two attached hydrogens (primary N) is 2. The maximum atomic E-state index is 9.35. The van der Waals surface area contributed by atoms with E-state index in [0.29, 0.717) is 11.4 Å². The molecule has 0 atom stereocenters. The minimum Gasteiger partial charge on any atom is -0.508 e. The first-order valence-electron chi connectivity index (χ1n) is 5.03. The SMILES string of the molecule is Cc1cc(O)ccc1-c1ccc(N)cc1N. The van der Waals surface area contributed by atoms with Crippen LogP contribution in [0.25, 0.3) is 11.1 Å². The molecule has 0 amide bonds. The second kappa shape index (κ2) is 3.77. The first-order chi connectivity index (χ1) is 7.58. The maximum absolute atomic E-state index is 9.35. The van der Waals surface area contributed by atoms with Crippen molar-refractivity contribution in [1.82, 2.24) is 0 Å². The van der Waals surface area contributed by atoms with Crippen LogP contribution < -0.4 is 11.5 Å². The van der Waals surface area contributed by atoms with E-state index < -0.39 is 0 Å². The number of anilines is 2. The van der Waals surface area contributed by atoms with Gasteiger partial charge in [0.1, 0.15) is 5.75 Å². The summed E-state index contributed by atoms with van der Waals surface area (Å²) in [4.78, 5) is 0. The minimum absolute atomic E-state index is 0.260. The second-order valence-electron chi connectivity index (χ2n) is 3.85. The molecule has 16 heavy (non-hydrogen) atoms. The van der Waals surface area contributed by atoms with Crippen LogP contribution in [0.3, 0.4) is 0 Å². The third kappa shape index (κ3) is 1.80. The predicted molar refractivity (Wildman–Crippen MR) is 67.1 cm³/mol. The van der Waals surface area contributed by atoms with Crippen LogP contribution in [0.15, 0.2) is 36.4 Å². The van der Waals surface area contributed by atoms with E-state index in [1.165, 1.54) is 0 Å². The lowest BCUT2D eigenvalue weighted by Crippen LogP contribution is -1.94. The summed E-state index contributed by atoms with van der Waals surface area (Å²) >= 11 is 0. The van der Waals surface area contributed by atoms with Crippen molar-refractivity contribution >= 4 is 11.4 Å². The van der Waals surface area contributed by atoms with E-state index in [-0.39, 0.29) is 5.75 Å². The zero-order valence-electron chi connectivity index (χ0n) is 9.07. The Kier molecular flexibility index (Phi) is 2.44. The molecule has 3 heteroatoms.